The molecule has 2 unspecified atom stereocenters. The van der Waals surface area contributed by atoms with E-state index in [0.717, 1.165) is 56.1 Å². The molecule has 10 heteroatoms. The summed E-state index contributed by atoms with van der Waals surface area (Å²) in [5.74, 6) is 3.84. The molecule has 0 saturated heterocycles. The van der Waals surface area contributed by atoms with Crippen molar-refractivity contribution in [2.75, 3.05) is 9.80 Å². The summed E-state index contributed by atoms with van der Waals surface area (Å²) in [5, 5.41) is 3.26. The predicted octanol–water partition coefficient (Wildman–Crippen LogP) is 13.6. The summed E-state index contributed by atoms with van der Waals surface area (Å²) in [4.78, 5) is 4.35. The molecule has 2 aliphatic carbocycles. The Morgan fingerprint density at radius 2 is 0.729 bits per heavy atom. The summed E-state index contributed by atoms with van der Waals surface area (Å²) in [6.45, 7) is 8.94. The molecule has 8 nitrogen and oxygen atoms in total. The van der Waals surface area contributed by atoms with Gasteiger partial charge in [0.1, 0.15) is 56.5 Å². The van der Waals surface area contributed by atoms with Crippen molar-refractivity contribution in [1.82, 2.24) is 0 Å². The monoisotopic (exact) mass is 944 g/mol. The fourth-order valence-corrected chi connectivity index (χ4v) is 20.5. The number of anilines is 6. The number of ether oxygens (including phenoxy) is 4. The van der Waals surface area contributed by atoms with Gasteiger partial charge in [0.25, 0.3) is 0 Å². The first kappa shape index (κ1) is 38.1. The number of para-hydroxylation sites is 2. The van der Waals surface area contributed by atoms with Crippen molar-refractivity contribution < 1.29 is 28.1 Å². The van der Waals surface area contributed by atoms with Crippen LogP contribution in [0.1, 0.15) is 49.9 Å². The normalized spacial score (nSPS) is 20.6. The first-order valence-electron chi connectivity index (χ1n) is 23.8. The van der Waals surface area contributed by atoms with Crippen molar-refractivity contribution >= 4 is 80.2 Å². The topological polar surface area (TPSA) is 77.5 Å². The number of benzene rings is 9. The molecule has 0 N–H and O–H groups in total. The van der Waals surface area contributed by atoms with Crippen LogP contribution in [0.5, 0.6) is 46.0 Å². The van der Waals surface area contributed by atoms with Crippen LogP contribution in [0.3, 0.4) is 0 Å². The summed E-state index contributed by atoms with van der Waals surface area (Å²) in [6.07, 6.45) is 0. The fraction of sp³-hybridized carbons (Fsp3) is 0.100. The molecule has 0 radical (unpaired) electrons. The van der Waals surface area contributed by atoms with Crippen molar-refractivity contribution in [2.24, 2.45) is 0 Å². The number of hydrogen-bond donors (Lipinski definition) is 0. The summed E-state index contributed by atoms with van der Waals surface area (Å²) in [7, 11) is -8.00. The van der Waals surface area contributed by atoms with E-state index >= 15 is 9.13 Å². The van der Waals surface area contributed by atoms with Crippen LogP contribution in [-0.4, -0.2) is 0 Å². The van der Waals surface area contributed by atoms with Crippen molar-refractivity contribution in [3.63, 3.8) is 0 Å². The Labute approximate surface area is 403 Å². The maximum absolute atomic E-state index is 18.0. The van der Waals surface area contributed by atoms with Gasteiger partial charge in [0.2, 0.25) is 0 Å². The molecule has 0 spiro atoms. The minimum Gasteiger partial charge on any atom is -0.455 e. The Morgan fingerprint density at radius 3 is 1.13 bits per heavy atom. The number of rotatable bonds is 2. The van der Waals surface area contributed by atoms with Gasteiger partial charge < -0.3 is 37.9 Å². The van der Waals surface area contributed by atoms with Crippen LogP contribution in [0, 0.1) is 0 Å². The minimum atomic E-state index is -4.00. The standard InChI is InChI=1S/C60H38N2O6P2/c1-59(2)37-23-13-11-21-33(37)35-29-39-53-49(45(35)59)65-41-25-15-27-43-55(41)69(53,63)57-47(61(39)31-17-7-5-8-18-31)52-58-48(51(57)67-43)62(32-19-9-6-10-20-32)40-30-36-34-22-12-14-24-38(34)60(3,4)46(36)50-54(40)70(58,64)56-42(66-50)26-16-28-44(56)68-52/h5-30H,1-4H3. The van der Waals surface area contributed by atoms with E-state index in [0.29, 0.717) is 89.2 Å². The van der Waals surface area contributed by atoms with Gasteiger partial charge in [-0.05, 0) is 94.0 Å². The lowest BCUT2D eigenvalue weighted by Crippen LogP contribution is -2.48. The minimum absolute atomic E-state index is 0.382. The van der Waals surface area contributed by atoms with Crippen molar-refractivity contribution in [1.29, 1.82) is 0 Å². The van der Waals surface area contributed by atoms with E-state index in [4.69, 9.17) is 18.9 Å². The van der Waals surface area contributed by atoms with Crippen LogP contribution < -0.4 is 60.6 Å². The molecule has 70 heavy (non-hydrogen) atoms. The van der Waals surface area contributed by atoms with Gasteiger partial charge in [0, 0.05) is 33.3 Å². The van der Waals surface area contributed by atoms with Gasteiger partial charge in [-0.2, -0.15) is 0 Å². The van der Waals surface area contributed by atoms with E-state index in [1.807, 2.05) is 72.8 Å². The van der Waals surface area contributed by atoms with Crippen LogP contribution in [0.25, 0.3) is 22.3 Å². The molecule has 2 atom stereocenters. The molecular formula is C60H38N2O6P2. The van der Waals surface area contributed by atoms with Crippen molar-refractivity contribution in [2.45, 2.75) is 38.5 Å². The lowest BCUT2D eigenvalue weighted by Gasteiger charge is -2.50. The molecular weight excluding hydrogens is 907 g/mol. The van der Waals surface area contributed by atoms with E-state index in [-0.39, 0.29) is 0 Å². The van der Waals surface area contributed by atoms with Crippen LogP contribution in [-0.2, 0) is 20.0 Å². The zero-order valence-corrected chi connectivity index (χ0v) is 40.0. The molecule has 17 rings (SSSR count). The van der Waals surface area contributed by atoms with Gasteiger partial charge in [0.15, 0.2) is 25.8 Å². The van der Waals surface area contributed by atoms with Gasteiger partial charge in [-0.1, -0.05) is 125 Å². The second-order valence-corrected chi connectivity index (χ2v) is 25.7. The maximum Gasteiger partial charge on any atom is 0.190 e. The molecule has 0 amide bonds. The van der Waals surface area contributed by atoms with E-state index in [9.17, 15) is 0 Å². The zero-order valence-electron chi connectivity index (χ0n) is 38.2. The lowest BCUT2D eigenvalue weighted by molar-refractivity contribution is 0.446. The molecule has 6 heterocycles. The van der Waals surface area contributed by atoms with Crippen LogP contribution in [0.15, 0.2) is 158 Å². The lowest BCUT2D eigenvalue weighted by atomic mass is 9.81. The largest absolute Gasteiger partial charge is 0.455 e. The first-order valence-corrected chi connectivity index (χ1v) is 27.2. The van der Waals surface area contributed by atoms with Gasteiger partial charge in [-0.25, -0.2) is 0 Å². The summed E-state index contributed by atoms with van der Waals surface area (Å²) < 4.78 is 65.4. The van der Waals surface area contributed by atoms with Crippen molar-refractivity contribution in [3.8, 4) is 68.2 Å². The molecule has 0 aromatic heterocycles. The molecule has 6 aliphatic heterocycles. The van der Waals surface area contributed by atoms with Crippen LogP contribution in [0.4, 0.5) is 34.1 Å². The van der Waals surface area contributed by atoms with Crippen LogP contribution in [0.2, 0.25) is 0 Å². The predicted molar refractivity (Wildman–Crippen MR) is 277 cm³/mol. The van der Waals surface area contributed by atoms with Crippen LogP contribution >= 0.6 is 14.3 Å². The first-order chi connectivity index (χ1) is 34.0. The van der Waals surface area contributed by atoms with E-state index < -0.39 is 25.1 Å². The van der Waals surface area contributed by atoms with Crippen molar-refractivity contribution in [3.05, 3.63) is 180 Å². The molecule has 8 aliphatic rings. The van der Waals surface area contributed by atoms with E-state index in [1.165, 1.54) is 11.1 Å². The fourth-order valence-electron chi connectivity index (χ4n) is 13.7. The van der Waals surface area contributed by atoms with E-state index in [2.05, 4.69) is 122 Å². The average molecular weight is 945 g/mol. The average Bonchev–Trinajstić information content (AvgIpc) is 3.75. The molecule has 0 bridgehead atoms. The Morgan fingerprint density at radius 1 is 0.371 bits per heavy atom. The Bertz CT molecular complexity index is 3890. The maximum atomic E-state index is 18.0. The van der Waals surface area contributed by atoms with E-state index in [1.54, 1.807) is 0 Å². The van der Waals surface area contributed by atoms with Gasteiger partial charge in [-0.3, -0.25) is 0 Å². The summed E-state index contributed by atoms with van der Waals surface area (Å²) in [6, 6.07) is 53.3. The zero-order chi connectivity index (χ0) is 46.5. The molecule has 9 aromatic carbocycles. The smallest absolute Gasteiger partial charge is 0.190 e. The summed E-state index contributed by atoms with van der Waals surface area (Å²) in [5.41, 5.74) is 11.7. The third-order valence-corrected chi connectivity index (χ3v) is 22.8. The van der Waals surface area contributed by atoms with Gasteiger partial charge >= 0.3 is 0 Å². The third kappa shape index (κ3) is 3.99. The number of hydrogen-bond acceptors (Lipinski definition) is 8. The second-order valence-electron chi connectivity index (χ2n) is 20.6. The molecule has 9 aromatic rings. The Hall–Kier alpha value is -7.76. The molecule has 0 fully saturated rings. The van der Waals surface area contributed by atoms with Gasteiger partial charge in [0.05, 0.1) is 32.6 Å². The Balaban J connectivity index is 1.10. The highest BCUT2D eigenvalue weighted by Gasteiger charge is 2.63. The highest BCUT2D eigenvalue weighted by Crippen LogP contribution is 2.75. The molecule has 334 valence electrons. The Kier molecular flexibility index (Phi) is 6.52. The quantitative estimate of drug-likeness (QED) is 0.159. The highest BCUT2D eigenvalue weighted by molar-refractivity contribution is 7.88. The second kappa shape index (κ2) is 12.0. The van der Waals surface area contributed by atoms with Gasteiger partial charge in [-0.15, -0.1) is 0 Å². The third-order valence-electron chi connectivity index (χ3n) is 16.4. The number of fused-ring (bicyclic) bond motifs is 10. The SMILES string of the molecule is CC1(C)c2ccccc2-c2cc3c4c(c21)Oc1cccc2c1P4(=O)c1c(c4c5c(c1N3c1ccccc1)Oc1cccc3c1P5(=O)c1c(cc5c(c1O3)C(C)(C)c1ccccc1-5)N4c1ccccc1)O2. The summed E-state index contributed by atoms with van der Waals surface area (Å²) >= 11 is 0. The number of nitrogens with zero attached hydrogens (tertiary/aromatic N) is 2. The highest BCUT2D eigenvalue weighted by atomic mass is 31.2. The molecule has 0 saturated carbocycles.